The molecule has 0 radical (unpaired) electrons. The molecule has 0 aliphatic carbocycles. The van der Waals surface area contributed by atoms with Crippen LogP contribution in [0.2, 0.25) is 0 Å². The van der Waals surface area contributed by atoms with E-state index in [1.54, 1.807) is 0 Å². The summed E-state index contributed by atoms with van der Waals surface area (Å²) in [7, 11) is 0. The Morgan fingerprint density at radius 1 is 1.22 bits per heavy atom. The number of alkyl halides is 7. The Kier molecular flexibility index (Phi) is 6.09. The topological polar surface area (TPSA) is 48.4 Å². The first-order valence-electron chi connectivity index (χ1n) is 6.05. The Balaban J connectivity index is 3.38. The maximum atomic E-state index is 12.8. The van der Waals surface area contributed by atoms with Gasteiger partial charge in [0, 0.05) is 11.4 Å². The van der Waals surface area contributed by atoms with Gasteiger partial charge in [-0.25, -0.2) is 4.98 Å². The monoisotopic (exact) mass is 365 g/mol. The van der Waals surface area contributed by atoms with Crippen LogP contribution >= 0.6 is 11.6 Å². The average molecular weight is 366 g/mol. The molecule has 0 aliphatic rings. The Morgan fingerprint density at radius 2 is 1.83 bits per heavy atom. The quantitative estimate of drug-likeness (QED) is 0.452. The van der Waals surface area contributed by atoms with E-state index in [2.05, 4.69) is 14.5 Å². The molecule has 0 spiro atoms. The maximum Gasteiger partial charge on any atom is 0.574 e. The number of carbonyl (C=O) groups excluding carboxylic acids is 1. The zero-order valence-corrected chi connectivity index (χ0v) is 12.3. The lowest BCUT2D eigenvalue weighted by Gasteiger charge is -2.17. The zero-order valence-electron chi connectivity index (χ0n) is 11.5. The molecule has 0 atom stereocenters. The number of ether oxygens (including phenoxy) is 2. The molecule has 130 valence electrons. The minimum absolute atomic E-state index is 0.0509. The lowest BCUT2D eigenvalue weighted by molar-refractivity contribution is -0.276. The molecule has 23 heavy (non-hydrogen) atoms. The third kappa shape index (κ3) is 5.77. The fourth-order valence-electron chi connectivity index (χ4n) is 1.63. The van der Waals surface area contributed by atoms with E-state index in [1.807, 2.05) is 0 Å². The number of pyridine rings is 1. The SMILES string of the molecule is CCOC(=O)Cc1cc(CCl)c(C(F)(F)F)nc1OC(F)(F)F. The Hall–Kier alpha value is -1.71. The Labute approximate surface area is 131 Å². The van der Waals surface area contributed by atoms with Crippen molar-refractivity contribution < 1.29 is 40.6 Å². The third-order valence-corrected chi connectivity index (χ3v) is 2.69. The van der Waals surface area contributed by atoms with Crippen LogP contribution in [0, 0.1) is 0 Å². The number of rotatable bonds is 5. The summed E-state index contributed by atoms with van der Waals surface area (Å²) in [6.45, 7) is 1.41. The predicted molar refractivity (Wildman–Crippen MR) is 65.8 cm³/mol. The van der Waals surface area contributed by atoms with Crippen molar-refractivity contribution in [3.05, 3.63) is 22.9 Å². The van der Waals surface area contributed by atoms with E-state index in [9.17, 15) is 31.1 Å². The first-order chi connectivity index (χ1) is 10.5. The highest BCUT2D eigenvalue weighted by atomic mass is 35.5. The van der Waals surface area contributed by atoms with Gasteiger partial charge in [0.25, 0.3) is 0 Å². The molecule has 1 aromatic rings. The number of hydrogen-bond donors (Lipinski definition) is 0. The zero-order chi connectivity index (χ0) is 17.8. The number of carbonyl (C=O) groups is 1. The average Bonchev–Trinajstić information content (AvgIpc) is 2.37. The van der Waals surface area contributed by atoms with Gasteiger partial charge in [-0.3, -0.25) is 4.79 Å². The van der Waals surface area contributed by atoms with Crippen LogP contribution in [0.15, 0.2) is 6.07 Å². The number of halogens is 7. The summed E-state index contributed by atoms with van der Waals surface area (Å²) in [5, 5.41) is 0. The Bertz CT molecular complexity index is 573. The lowest BCUT2D eigenvalue weighted by atomic mass is 10.1. The number of hydrogen-bond acceptors (Lipinski definition) is 4. The minimum atomic E-state index is -5.28. The number of aromatic nitrogens is 1. The molecular weight excluding hydrogens is 356 g/mol. The van der Waals surface area contributed by atoms with E-state index in [0.717, 1.165) is 0 Å². The summed E-state index contributed by atoms with van der Waals surface area (Å²) in [4.78, 5) is 14.2. The van der Waals surface area contributed by atoms with Crippen LogP contribution in [0.3, 0.4) is 0 Å². The lowest BCUT2D eigenvalue weighted by Crippen LogP contribution is -2.22. The van der Waals surface area contributed by atoms with E-state index >= 15 is 0 Å². The third-order valence-electron chi connectivity index (χ3n) is 2.41. The highest BCUT2D eigenvalue weighted by Crippen LogP contribution is 2.35. The molecule has 0 N–H and O–H groups in total. The molecular formula is C12H10ClF6NO3. The van der Waals surface area contributed by atoms with Crippen molar-refractivity contribution in [1.29, 1.82) is 0 Å². The van der Waals surface area contributed by atoms with Gasteiger partial charge in [0.15, 0.2) is 5.69 Å². The van der Waals surface area contributed by atoms with E-state index in [-0.39, 0.29) is 6.61 Å². The normalized spacial score (nSPS) is 12.2. The van der Waals surface area contributed by atoms with Crippen molar-refractivity contribution in [3.63, 3.8) is 0 Å². The van der Waals surface area contributed by atoms with Crippen LogP contribution in [-0.4, -0.2) is 23.9 Å². The van der Waals surface area contributed by atoms with Crippen LogP contribution in [-0.2, 0) is 28.0 Å². The van der Waals surface area contributed by atoms with Gasteiger partial charge < -0.3 is 9.47 Å². The molecule has 0 unspecified atom stereocenters. The molecule has 0 amide bonds. The molecule has 0 fully saturated rings. The second-order valence-corrected chi connectivity index (χ2v) is 4.39. The van der Waals surface area contributed by atoms with Crippen LogP contribution in [0.1, 0.15) is 23.7 Å². The smallest absolute Gasteiger partial charge is 0.466 e. The number of esters is 1. The van der Waals surface area contributed by atoms with Crippen molar-refractivity contribution >= 4 is 17.6 Å². The van der Waals surface area contributed by atoms with E-state index in [1.165, 1.54) is 6.92 Å². The first kappa shape index (κ1) is 19.3. The molecule has 1 aromatic heterocycles. The van der Waals surface area contributed by atoms with Crippen LogP contribution in [0.4, 0.5) is 26.3 Å². The second-order valence-electron chi connectivity index (χ2n) is 4.12. The fourth-order valence-corrected chi connectivity index (χ4v) is 1.83. The summed E-state index contributed by atoms with van der Waals surface area (Å²) >= 11 is 5.37. The first-order valence-corrected chi connectivity index (χ1v) is 6.58. The maximum absolute atomic E-state index is 12.8. The van der Waals surface area contributed by atoms with Crippen molar-refractivity contribution in [2.75, 3.05) is 6.61 Å². The summed E-state index contributed by atoms with van der Waals surface area (Å²) < 4.78 is 83.5. The summed E-state index contributed by atoms with van der Waals surface area (Å²) in [5.41, 5.74) is -2.70. The van der Waals surface area contributed by atoms with E-state index in [0.29, 0.717) is 6.07 Å². The van der Waals surface area contributed by atoms with Crippen molar-refractivity contribution in [2.45, 2.75) is 31.8 Å². The molecule has 0 bridgehead atoms. The van der Waals surface area contributed by atoms with Gasteiger partial charge in [-0.05, 0) is 18.6 Å². The molecule has 0 saturated heterocycles. The predicted octanol–water partition coefficient (Wildman–Crippen LogP) is 3.84. The second kappa shape index (κ2) is 7.24. The highest BCUT2D eigenvalue weighted by Gasteiger charge is 2.39. The van der Waals surface area contributed by atoms with Crippen molar-refractivity contribution in [2.24, 2.45) is 0 Å². The summed E-state index contributed by atoms with van der Waals surface area (Å²) in [6, 6.07) is 0.695. The summed E-state index contributed by atoms with van der Waals surface area (Å²) in [5.74, 6) is -2.97. The molecule has 0 aliphatic heterocycles. The molecule has 0 saturated carbocycles. The van der Waals surface area contributed by atoms with Gasteiger partial charge in [-0.2, -0.15) is 13.2 Å². The van der Waals surface area contributed by atoms with Crippen LogP contribution < -0.4 is 4.74 Å². The number of nitrogens with zero attached hydrogens (tertiary/aromatic N) is 1. The van der Waals surface area contributed by atoms with Crippen LogP contribution in [0.5, 0.6) is 5.88 Å². The standard InChI is InChI=1S/C12H10ClF6NO3/c1-2-22-8(21)4-6-3-7(5-13)9(11(14,15)16)20-10(6)23-12(17,18)19/h3H,2,4-5H2,1H3. The van der Waals surface area contributed by atoms with Gasteiger partial charge in [0.2, 0.25) is 5.88 Å². The molecule has 11 heteroatoms. The van der Waals surface area contributed by atoms with Gasteiger partial charge in [0.05, 0.1) is 13.0 Å². The van der Waals surface area contributed by atoms with Crippen molar-refractivity contribution in [3.8, 4) is 5.88 Å². The molecule has 1 heterocycles. The molecule has 0 aromatic carbocycles. The summed E-state index contributed by atoms with van der Waals surface area (Å²) in [6.07, 6.45) is -11.0. The highest BCUT2D eigenvalue weighted by molar-refractivity contribution is 6.17. The largest absolute Gasteiger partial charge is 0.574 e. The van der Waals surface area contributed by atoms with Gasteiger partial charge in [-0.15, -0.1) is 24.8 Å². The van der Waals surface area contributed by atoms with Crippen LogP contribution in [0.25, 0.3) is 0 Å². The van der Waals surface area contributed by atoms with Crippen molar-refractivity contribution in [1.82, 2.24) is 4.98 Å². The van der Waals surface area contributed by atoms with E-state index < -0.39 is 53.5 Å². The minimum Gasteiger partial charge on any atom is -0.466 e. The molecule has 4 nitrogen and oxygen atoms in total. The van der Waals surface area contributed by atoms with Gasteiger partial charge in [-0.1, -0.05) is 0 Å². The molecule has 1 rings (SSSR count). The fraction of sp³-hybridized carbons (Fsp3) is 0.500. The van der Waals surface area contributed by atoms with Gasteiger partial charge in [0.1, 0.15) is 0 Å². The Morgan fingerprint density at radius 3 is 2.26 bits per heavy atom. The van der Waals surface area contributed by atoms with E-state index in [4.69, 9.17) is 11.6 Å². The van der Waals surface area contributed by atoms with Gasteiger partial charge >= 0.3 is 18.5 Å².